The number of rotatable bonds is 5. The average molecular weight is 236 g/mol. The van der Waals surface area contributed by atoms with E-state index in [4.69, 9.17) is 12.2 Å². The molecular formula is C13H20N2S. The first kappa shape index (κ1) is 13.0. The molecule has 0 saturated heterocycles. The normalized spacial score (nSPS) is 9.88. The minimum absolute atomic E-state index is 0.759. The van der Waals surface area contributed by atoms with Crippen molar-refractivity contribution in [2.24, 2.45) is 0 Å². The topological polar surface area (TPSA) is 24.1 Å². The molecule has 0 aliphatic heterocycles. The monoisotopic (exact) mass is 236 g/mol. The zero-order valence-electron chi connectivity index (χ0n) is 10.0. The predicted molar refractivity (Wildman–Crippen MR) is 73.8 cm³/mol. The second-order valence-corrected chi connectivity index (χ2v) is 4.33. The molecule has 88 valence electrons. The van der Waals surface area contributed by atoms with Gasteiger partial charge in [0.2, 0.25) is 0 Å². The zero-order chi connectivity index (χ0) is 11.8. The summed E-state index contributed by atoms with van der Waals surface area (Å²) < 4.78 is 0. The molecule has 1 rings (SSSR count). The lowest BCUT2D eigenvalue weighted by atomic mass is 10.1. The number of hydrogen-bond donors (Lipinski definition) is 2. The van der Waals surface area contributed by atoms with Crippen molar-refractivity contribution in [3.05, 3.63) is 35.4 Å². The summed E-state index contributed by atoms with van der Waals surface area (Å²) in [6.07, 6.45) is 2.11. The molecule has 2 nitrogen and oxygen atoms in total. The molecular weight excluding hydrogens is 216 g/mol. The Kier molecular flexibility index (Phi) is 5.86. The summed E-state index contributed by atoms with van der Waals surface area (Å²) in [6.45, 7) is 6.07. The molecule has 3 heteroatoms. The van der Waals surface area contributed by atoms with E-state index in [0.29, 0.717) is 0 Å². The summed E-state index contributed by atoms with van der Waals surface area (Å²) in [5, 5.41) is 7.11. The summed E-state index contributed by atoms with van der Waals surface area (Å²) in [5.41, 5.74) is 2.66. The smallest absolute Gasteiger partial charge is 0.166 e. The maximum absolute atomic E-state index is 5.14. The lowest BCUT2D eigenvalue weighted by molar-refractivity contribution is 0.790. The van der Waals surface area contributed by atoms with Crippen molar-refractivity contribution in [2.45, 2.75) is 26.7 Å². The van der Waals surface area contributed by atoms with E-state index >= 15 is 0 Å². The van der Waals surface area contributed by atoms with Crippen molar-refractivity contribution in [3.8, 4) is 0 Å². The number of nitrogens with one attached hydrogen (secondary N) is 2. The Balaban J connectivity index is 2.22. The van der Waals surface area contributed by atoms with Crippen molar-refractivity contribution >= 4 is 17.3 Å². The van der Waals surface area contributed by atoms with Crippen LogP contribution < -0.4 is 10.6 Å². The van der Waals surface area contributed by atoms with E-state index in [-0.39, 0.29) is 0 Å². The van der Waals surface area contributed by atoms with Crippen LogP contribution >= 0.6 is 12.2 Å². The molecule has 0 spiro atoms. The predicted octanol–water partition coefficient (Wildman–Crippen LogP) is 2.41. The highest BCUT2D eigenvalue weighted by Crippen LogP contribution is 2.03. The van der Waals surface area contributed by atoms with Crippen LogP contribution in [0.5, 0.6) is 0 Å². The molecule has 0 unspecified atom stereocenters. The molecule has 1 aromatic rings. The summed E-state index contributed by atoms with van der Waals surface area (Å²) >= 11 is 5.14. The largest absolute Gasteiger partial charge is 0.363 e. The number of benzene rings is 1. The Bertz CT molecular complexity index is 336. The van der Waals surface area contributed by atoms with Gasteiger partial charge in [0.25, 0.3) is 0 Å². The van der Waals surface area contributed by atoms with E-state index < -0.39 is 0 Å². The van der Waals surface area contributed by atoms with Gasteiger partial charge in [-0.15, -0.1) is 0 Å². The molecule has 0 aromatic heterocycles. The van der Waals surface area contributed by atoms with Crippen LogP contribution in [0.3, 0.4) is 0 Å². The zero-order valence-corrected chi connectivity index (χ0v) is 10.9. The fourth-order valence-electron chi connectivity index (χ4n) is 1.49. The number of aryl methyl sites for hydroxylation is 1. The Morgan fingerprint density at radius 3 is 2.69 bits per heavy atom. The Morgan fingerprint density at radius 1 is 1.25 bits per heavy atom. The summed E-state index contributed by atoms with van der Waals surface area (Å²) in [7, 11) is 0. The molecule has 0 aliphatic carbocycles. The van der Waals surface area contributed by atoms with Gasteiger partial charge >= 0.3 is 0 Å². The quantitative estimate of drug-likeness (QED) is 0.768. The van der Waals surface area contributed by atoms with Crippen molar-refractivity contribution in [1.82, 2.24) is 10.6 Å². The minimum atomic E-state index is 0.759. The van der Waals surface area contributed by atoms with Gasteiger partial charge in [-0.2, -0.15) is 0 Å². The minimum Gasteiger partial charge on any atom is -0.363 e. The maximum atomic E-state index is 5.14. The first-order valence-electron chi connectivity index (χ1n) is 5.79. The van der Waals surface area contributed by atoms with Crippen LogP contribution in [0.15, 0.2) is 24.3 Å². The Labute approximate surface area is 103 Å². The second-order valence-electron chi connectivity index (χ2n) is 3.92. The summed E-state index contributed by atoms with van der Waals surface area (Å²) in [4.78, 5) is 0. The van der Waals surface area contributed by atoms with Gasteiger partial charge in [0.05, 0.1) is 0 Å². The lowest BCUT2D eigenvalue weighted by Gasteiger charge is -2.09. The van der Waals surface area contributed by atoms with Gasteiger partial charge in [-0.1, -0.05) is 36.8 Å². The van der Waals surface area contributed by atoms with Crippen LogP contribution in [-0.2, 0) is 6.42 Å². The van der Waals surface area contributed by atoms with Crippen LogP contribution in [0.4, 0.5) is 0 Å². The van der Waals surface area contributed by atoms with Crippen molar-refractivity contribution in [1.29, 1.82) is 0 Å². The van der Waals surface area contributed by atoms with Gasteiger partial charge in [-0.25, -0.2) is 0 Å². The van der Waals surface area contributed by atoms with Gasteiger partial charge in [0.1, 0.15) is 0 Å². The lowest BCUT2D eigenvalue weighted by Crippen LogP contribution is -2.36. The van der Waals surface area contributed by atoms with Crippen molar-refractivity contribution < 1.29 is 0 Å². The molecule has 0 aliphatic rings. The fourth-order valence-corrected chi connectivity index (χ4v) is 1.69. The summed E-state index contributed by atoms with van der Waals surface area (Å²) in [6, 6.07) is 8.57. The summed E-state index contributed by atoms with van der Waals surface area (Å²) in [5.74, 6) is 0. The van der Waals surface area contributed by atoms with Crippen LogP contribution in [0.1, 0.15) is 24.5 Å². The Hall–Kier alpha value is -1.09. The molecule has 16 heavy (non-hydrogen) atoms. The van der Waals surface area contributed by atoms with Crippen LogP contribution in [0.2, 0.25) is 0 Å². The fraction of sp³-hybridized carbons (Fsp3) is 0.462. The second kappa shape index (κ2) is 7.23. The SMILES string of the molecule is CCCNC(=S)NCCc1cccc(C)c1. The molecule has 0 amide bonds. The first-order chi connectivity index (χ1) is 7.72. The van der Waals surface area contributed by atoms with Crippen LogP contribution in [0.25, 0.3) is 0 Å². The maximum Gasteiger partial charge on any atom is 0.166 e. The van der Waals surface area contributed by atoms with Crippen LogP contribution in [0, 0.1) is 6.92 Å². The third kappa shape index (κ3) is 5.12. The molecule has 0 bridgehead atoms. The highest BCUT2D eigenvalue weighted by molar-refractivity contribution is 7.80. The van der Waals surface area contributed by atoms with E-state index in [2.05, 4.69) is 48.7 Å². The van der Waals surface area contributed by atoms with Crippen LogP contribution in [-0.4, -0.2) is 18.2 Å². The van der Waals surface area contributed by atoms with E-state index in [0.717, 1.165) is 31.0 Å². The van der Waals surface area contributed by atoms with Gasteiger partial charge in [-0.05, 0) is 37.5 Å². The molecule has 0 atom stereocenters. The molecule has 0 saturated carbocycles. The molecule has 0 radical (unpaired) electrons. The van der Waals surface area contributed by atoms with Crippen molar-refractivity contribution in [2.75, 3.05) is 13.1 Å². The third-order valence-electron chi connectivity index (χ3n) is 2.32. The van der Waals surface area contributed by atoms with Gasteiger partial charge < -0.3 is 10.6 Å². The van der Waals surface area contributed by atoms with Crippen molar-refractivity contribution in [3.63, 3.8) is 0 Å². The van der Waals surface area contributed by atoms with Gasteiger partial charge in [0, 0.05) is 13.1 Å². The molecule has 2 N–H and O–H groups in total. The van der Waals surface area contributed by atoms with Gasteiger partial charge in [-0.3, -0.25) is 0 Å². The van der Waals surface area contributed by atoms with E-state index in [9.17, 15) is 0 Å². The molecule has 0 heterocycles. The average Bonchev–Trinajstić information content (AvgIpc) is 2.26. The number of thiocarbonyl (C=S) groups is 1. The Morgan fingerprint density at radius 2 is 2.00 bits per heavy atom. The number of hydrogen-bond acceptors (Lipinski definition) is 1. The van der Waals surface area contributed by atoms with Gasteiger partial charge in [0.15, 0.2) is 5.11 Å². The molecule has 0 fully saturated rings. The third-order valence-corrected chi connectivity index (χ3v) is 2.61. The highest BCUT2D eigenvalue weighted by Gasteiger charge is 1.95. The standard InChI is InChI=1S/C13H20N2S/c1-3-8-14-13(16)15-9-7-12-6-4-5-11(2)10-12/h4-6,10H,3,7-9H2,1-2H3,(H2,14,15,16). The highest BCUT2D eigenvalue weighted by atomic mass is 32.1. The molecule has 1 aromatic carbocycles. The van der Waals surface area contributed by atoms with E-state index in [1.807, 2.05) is 0 Å². The van der Waals surface area contributed by atoms with E-state index in [1.165, 1.54) is 11.1 Å². The van der Waals surface area contributed by atoms with E-state index in [1.54, 1.807) is 0 Å². The first-order valence-corrected chi connectivity index (χ1v) is 6.20.